The van der Waals surface area contributed by atoms with Crippen LogP contribution in [-0.2, 0) is 83.1 Å². The second-order valence-corrected chi connectivity index (χ2v) is 33.4. The summed E-state index contributed by atoms with van der Waals surface area (Å²) in [6.07, 6.45) is -6.27. The van der Waals surface area contributed by atoms with Crippen LogP contribution in [0.15, 0.2) is 24.3 Å². The lowest BCUT2D eigenvalue weighted by atomic mass is 9.99. The summed E-state index contributed by atoms with van der Waals surface area (Å²) in [6, 6.07) is -15.7. The van der Waals surface area contributed by atoms with E-state index < -0.39 is 249 Å². The van der Waals surface area contributed by atoms with Crippen molar-refractivity contribution in [3.05, 3.63) is 29.8 Å². The Balaban J connectivity index is 1.91. The van der Waals surface area contributed by atoms with E-state index in [1.165, 1.54) is 49.9 Å². The van der Waals surface area contributed by atoms with Crippen LogP contribution >= 0.6 is 0 Å². The number of cyclic esters (lactones) is 1. The number of amides is 14. The molecule has 0 spiro atoms. The first-order chi connectivity index (χ1) is 59.6. The van der Waals surface area contributed by atoms with Crippen molar-refractivity contribution in [2.24, 2.45) is 34.6 Å². The number of phenolic OH excluding ortho intramolecular Hbond substituents is 1. The second kappa shape index (κ2) is 56.0. The van der Waals surface area contributed by atoms with E-state index in [2.05, 4.69) is 60.1 Å². The summed E-state index contributed by atoms with van der Waals surface area (Å²) in [7, 11) is 0. The predicted molar refractivity (Wildman–Crippen MR) is 458 cm³/mol. The van der Waals surface area contributed by atoms with E-state index in [0.717, 1.165) is 90.4 Å². The average molecular weight is 1790 g/mol. The molecule has 3 fully saturated rings. The Kier molecular flexibility index (Phi) is 48.4. The van der Waals surface area contributed by atoms with Gasteiger partial charge in [-0.3, -0.25) is 72.0 Å². The number of nitrogens with zero attached hydrogens (tertiary/aromatic N) is 4. The van der Waals surface area contributed by atoms with Crippen LogP contribution in [0.3, 0.4) is 0 Å². The van der Waals surface area contributed by atoms with Crippen LogP contribution in [0.2, 0.25) is 0 Å². The largest absolute Gasteiger partial charge is 0.508 e. The highest BCUT2D eigenvalue weighted by atomic mass is 16.5. The number of aliphatic hydroxyl groups excluding tert-OH is 7. The van der Waals surface area contributed by atoms with Gasteiger partial charge < -0.3 is 142 Å². The Bertz CT molecular complexity index is 3670. The van der Waals surface area contributed by atoms with Crippen molar-refractivity contribution in [3.63, 3.8) is 0 Å². The van der Waals surface area contributed by atoms with Gasteiger partial charge in [0.05, 0.1) is 68.2 Å². The van der Waals surface area contributed by atoms with Gasteiger partial charge in [-0.25, -0.2) is 4.79 Å². The summed E-state index contributed by atoms with van der Waals surface area (Å²) in [5.74, 6) is -18.0. The number of benzene rings is 1. The zero-order valence-electron chi connectivity index (χ0n) is 74.1. The molecule has 0 saturated carbocycles. The van der Waals surface area contributed by atoms with Gasteiger partial charge in [0.2, 0.25) is 82.7 Å². The number of nitrogens with one attached hydrogen (secondary N) is 10. The maximum absolute atomic E-state index is 15.2. The molecule has 43 heteroatoms. The molecule has 43 nitrogen and oxygen atoms in total. The molecule has 1 aromatic carbocycles. The van der Waals surface area contributed by atoms with Crippen molar-refractivity contribution in [2.75, 3.05) is 72.0 Å². The topological polar surface area (TPSA) is 690 Å². The lowest BCUT2D eigenvalue weighted by Gasteiger charge is -2.35. The van der Waals surface area contributed by atoms with E-state index in [4.69, 9.17) is 33.4 Å². The number of unbranched alkanes of at least 4 members (excludes halogenated alkanes) is 10. The maximum Gasteiger partial charge on any atom is 0.328 e. The quantitative estimate of drug-likeness (QED) is 0.0216. The normalized spacial score (nSPS) is 26.1. The summed E-state index contributed by atoms with van der Waals surface area (Å²) in [5.41, 5.74) is 29.7. The number of nitrogens with two attached hydrogens (primary N) is 5. The zero-order chi connectivity index (χ0) is 94.2. The van der Waals surface area contributed by atoms with Crippen molar-refractivity contribution in [1.29, 1.82) is 0 Å². The van der Waals surface area contributed by atoms with Crippen LogP contribution in [0, 0.1) is 5.92 Å². The summed E-state index contributed by atoms with van der Waals surface area (Å²) in [4.78, 5) is 221. The average Bonchev–Trinajstić information content (AvgIpc) is 1.64. The molecule has 0 bridgehead atoms. The molecule has 714 valence electrons. The minimum absolute atomic E-state index is 0.00341. The van der Waals surface area contributed by atoms with Crippen molar-refractivity contribution >= 4 is 88.7 Å². The van der Waals surface area contributed by atoms with E-state index in [1.54, 1.807) is 0 Å². The standard InChI is InChI=1S/C83H143N19O24/c1-9-10-11-12-13-14-15-16-17-18-19-23-55-42-63(112)93-66(48(5)103)76(118)90-47(4)72(114)92-57(40-52-26-28-53(107)29-27-52)73(115)95-65(46(2)3)81(123)102-45-54(108)41-59(102)74(116)96-68(50(7)105)78(120)97-69(51(8)106)82(124)101-37-30-60(109)71(101)79(121)98-70(61(110)43-62(88)111)75(117)89-44-64(113)94-67(49(6)104)77(119)91-56(83(125)126-55)24-21-35-100(36-22-32-85)80(122)58(25-20-31-84)99(38-33-86)39-34-87/h26-29,46-51,54-61,65-71,103-110H,9-25,30-45,84-87H2,1-8H3,(H2,88,111)(H,89,117)(H,90,118)(H,91,119)(H,92,114)(H,93,112)(H,94,113)(H,95,115)(H,96,116)(H,97,120)(H,98,121)/t47-,48-,49-,50-,51-,54-,55-,56+,57+,58-,59+,60+,61-,65+,66-,67-,68-,69+,70+,71+/m1/s1. The van der Waals surface area contributed by atoms with Crippen molar-refractivity contribution < 1.29 is 118 Å². The summed E-state index contributed by atoms with van der Waals surface area (Å²) in [5, 5.41) is 112. The molecule has 3 heterocycles. The van der Waals surface area contributed by atoms with E-state index in [0.29, 0.717) is 55.7 Å². The molecule has 3 saturated heterocycles. The second-order valence-electron chi connectivity index (χ2n) is 33.4. The predicted octanol–water partition coefficient (Wildman–Crippen LogP) is -6.93. The fourth-order valence-electron chi connectivity index (χ4n) is 15.3. The zero-order valence-corrected chi connectivity index (χ0v) is 74.1. The molecule has 20 atom stereocenters. The van der Waals surface area contributed by atoms with Crippen molar-refractivity contribution in [1.82, 2.24) is 72.8 Å². The third-order valence-corrected chi connectivity index (χ3v) is 22.4. The van der Waals surface area contributed by atoms with Crippen LogP contribution in [0.1, 0.15) is 196 Å². The highest BCUT2D eigenvalue weighted by Crippen LogP contribution is 2.26. The van der Waals surface area contributed by atoms with Crippen LogP contribution in [0.25, 0.3) is 0 Å². The third kappa shape index (κ3) is 35.7. The van der Waals surface area contributed by atoms with Gasteiger partial charge in [-0.15, -0.1) is 0 Å². The molecule has 4 rings (SSSR count). The van der Waals surface area contributed by atoms with Gasteiger partial charge in [-0.2, -0.15) is 0 Å². The summed E-state index contributed by atoms with van der Waals surface area (Å²) >= 11 is 0. The van der Waals surface area contributed by atoms with Gasteiger partial charge in [0.25, 0.3) is 0 Å². The monoisotopic (exact) mass is 1790 g/mol. The molecule has 28 N–H and O–H groups in total. The molecule has 0 radical (unpaired) electrons. The maximum atomic E-state index is 15.2. The van der Waals surface area contributed by atoms with E-state index in [9.17, 15) is 108 Å². The number of hydrogen-bond donors (Lipinski definition) is 23. The fourth-order valence-corrected chi connectivity index (χ4v) is 15.3. The Hall–Kier alpha value is -9.41. The van der Waals surface area contributed by atoms with E-state index >= 15 is 4.79 Å². The highest BCUT2D eigenvalue weighted by Gasteiger charge is 2.49. The number of esters is 1. The molecule has 14 amide bonds. The number of aliphatic hydroxyl groups is 7. The Morgan fingerprint density at radius 2 is 1.03 bits per heavy atom. The number of carbonyl (C=O) groups excluding carboxylic acids is 15. The van der Waals surface area contributed by atoms with Gasteiger partial charge >= 0.3 is 5.97 Å². The van der Waals surface area contributed by atoms with Gasteiger partial charge in [0.15, 0.2) is 0 Å². The number of aromatic hydroxyl groups is 1. The SMILES string of the molecule is CCCCCCCCCCCCC[C@@H]1CC(=O)N[C@H]([C@@H](C)O)C(=O)N[C@H](C)C(=O)N[C@@H](Cc2ccc(O)cc2)C(=O)N[C@@H](C(C)C)C(=O)N2C[C@H](O)C[C@H]2C(=O)N[C@H]([C@@H](C)O)C(=O)N[C@@H]([C@@H](C)O)C(=O)N2CC[C@H](O)[C@H]2C(=O)N[C@@H]([C@H](O)CC(N)=O)C(=O)NCC(=O)N[C@H]([C@@H](C)O)C(=O)N[C@@H](CCCN(CCCN)C(=O)[C@@H](CCCN)N(CCN)CCN)C(=O)O1. The van der Waals surface area contributed by atoms with Crippen LogP contribution in [0.4, 0.5) is 0 Å². The van der Waals surface area contributed by atoms with Crippen LogP contribution < -0.4 is 81.8 Å². The highest BCUT2D eigenvalue weighted by molar-refractivity contribution is 6.00. The lowest BCUT2D eigenvalue weighted by molar-refractivity contribution is -0.155. The van der Waals surface area contributed by atoms with E-state index in [-0.39, 0.29) is 83.0 Å². The number of ether oxygens (including phenoxy) is 1. The molecular weight excluding hydrogens is 1650 g/mol. The number of phenols is 1. The van der Waals surface area contributed by atoms with Gasteiger partial charge in [-0.05, 0) is 123 Å². The molecule has 3 aliphatic heterocycles. The minimum atomic E-state index is -2.27. The molecular formula is C83H143N19O24. The smallest absolute Gasteiger partial charge is 0.328 e. The Labute approximate surface area is 736 Å². The molecule has 126 heavy (non-hydrogen) atoms. The number of fused-ring (bicyclic) bond motifs is 2. The lowest BCUT2D eigenvalue weighted by Crippen LogP contribution is -2.64. The fraction of sp³-hybridized carbons (Fsp3) is 0.747. The number of rotatable bonds is 38. The van der Waals surface area contributed by atoms with Crippen LogP contribution in [-0.4, -0.2) is 342 Å². The first-order valence-corrected chi connectivity index (χ1v) is 44.1. The van der Waals surface area contributed by atoms with E-state index in [1.807, 2.05) is 4.90 Å². The van der Waals surface area contributed by atoms with Gasteiger partial charge in [0, 0.05) is 65.2 Å². The summed E-state index contributed by atoms with van der Waals surface area (Å²) in [6.45, 7) is 9.93. The number of primary amides is 1. The molecule has 3 aliphatic rings. The summed E-state index contributed by atoms with van der Waals surface area (Å²) < 4.78 is 6.19. The Morgan fingerprint density at radius 1 is 0.524 bits per heavy atom. The van der Waals surface area contributed by atoms with Gasteiger partial charge in [0.1, 0.15) is 78.3 Å². The molecule has 0 aliphatic carbocycles. The number of hydrogen-bond acceptors (Lipinski definition) is 29. The van der Waals surface area contributed by atoms with Crippen molar-refractivity contribution in [2.45, 2.75) is 318 Å². The molecule has 1 aromatic rings. The van der Waals surface area contributed by atoms with Crippen molar-refractivity contribution in [3.8, 4) is 5.75 Å². The van der Waals surface area contributed by atoms with Gasteiger partial charge in [-0.1, -0.05) is 97.1 Å². The molecule has 0 unspecified atom stereocenters. The minimum Gasteiger partial charge on any atom is -0.508 e. The number of carbonyl (C=O) groups is 15. The van der Waals surface area contributed by atoms with Crippen LogP contribution in [0.5, 0.6) is 5.75 Å². The molecule has 0 aromatic heterocycles. The third-order valence-electron chi connectivity index (χ3n) is 22.4. The first-order valence-electron chi connectivity index (χ1n) is 44.1. The Morgan fingerprint density at radius 3 is 1.59 bits per heavy atom. The first kappa shape index (κ1) is 109.